The maximum absolute atomic E-state index is 5.61. The molecule has 4 aromatic rings. The molecule has 5 rings (SSSR count). The van der Waals surface area contributed by atoms with Gasteiger partial charge in [0.2, 0.25) is 5.95 Å². The van der Waals surface area contributed by atoms with Gasteiger partial charge >= 0.3 is 0 Å². The summed E-state index contributed by atoms with van der Waals surface area (Å²) < 4.78 is 6.61. The highest BCUT2D eigenvalue weighted by Crippen LogP contribution is 2.30. The lowest BCUT2D eigenvalue weighted by molar-refractivity contribution is 0.0769. The Labute approximate surface area is 183 Å². The minimum absolute atomic E-state index is 0.204. The third-order valence-corrected chi connectivity index (χ3v) is 5.67. The van der Waals surface area contributed by atoms with Gasteiger partial charge in [0.1, 0.15) is 0 Å². The molecule has 5 nitrogen and oxygen atoms in total. The minimum atomic E-state index is 0.204. The van der Waals surface area contributed by atoms with E-state index >= 15 is 0 Å². The Morgan fingerprint density at radius 2 is 1.87 bits per heavy atom. The maximum atomic E-state index is 5.61. The summed E-state index contributed by atoms with van der Waals surface area (Å²) in [5.74, 6) is 0.577. The fraction of sp³-hybridized carbons (Fsp3) is 0.167. The van der Waals surface area contributed by atoms with Crippen LogP contribution in [0.15, 0.2) is 77.3 Å². The number of fused-ring (bicyclic) bond motifs is 1. The summed E-state index contributed by atoms with van der Waals surface area (Å²) in [6, 6.07) is 24.8. The van der Waals surface area contributed by atoms with Crippen LogP contribution in [0, 0.1) is 0 Å². The Morgan fingerprint density at radius 1 is 0.967 bits per heavy atom. The standard InChI is InChI=1S/C24H21BrN4O/c25-18-9-10-21-20(14-18)23(16-5-2-1-3-6-16)29-24(28-21)27-19-8-4-7-17(13-19)22-15-30-12-11-26-22/h1-10,13-14,22,26H,11-12,15H2,(H,27,28,29). The van der Waals surface area contributed by atoms with Crippen LogP contribution in [0.5, 0.6) is 0 Å². The van der Waals surface area contributed by atoms with E-state index in [4.69, 9.17) is 14.7 Å². The molecule has 0 saturated carbocycles. The highest BCUT2D eigenvalue weighted by molar-refractivity contribution is 9.10. The topological polar surface area (TPSA) is 59.1 Å². The number of halogens is 1. The van der Waals surface area contributed by atoms with Gasteiger partial charge in [-0.25, -0.2) is 9.97 Å². The average Bonchev–Trinajstić information content (AvgIpc) is 2.80. The number of hydrogen-bond donors (Lipinski definition) is 2. The highest BCUT2D eigenvalue weighted by Gasteiger charge is 2.16. The zero-order valence-electron chi connectivity index (χ0n) is 16.3. The predicted octanol–water partition coefficient (Wildman–Crippen LogP) is 5.46. The van der Waals surface area contributed by atoms with Crippen LogP contribution in [0.2, 0.25) is 0 Å². The first-order valence-electron chi connectivity index (χ1n) is 9.97. The van der Waals surface area contributed by atoms with Crippen molar-refractivity contribution in [1.29, 1.82) is 0 Å². The van der Waals surface area contributed by atoms with Crippen molar-refractivity contribution in [3.63, 3.8) is 0 Å². The molecule has 2 heterocycles. The van der Waals surface area contributed by atoms with E-state index in [9.17, 15) is 0 Å². The molecule has 1 aliphatic rings. The second-order valence-electron chi connectivity index (χ2n) is 7.26. The number of anilines is 2. The summed E-state index contributed by atoms with van der Waals surface area (Å²) in [5, 5.41) is 7.91. The van der Waals surface area contributed by atoms with Crippen LogP contribution in [0.25, 0.3) is 22.2 Å². The number of benzene rings is 3. The second kappa shape index (κ2) is 8.52. The van der Waals surface area contributed by atoms with Gasteiger partial charge in [0.15, 0.2) is 0 Å². The smallest absolute Gasteiger partial charge is 0.228 e. The average molecular weight is 461 g/mol. The third-order valence-electron chi connectivity index (χ3n) is 5.17. The summed E-state index contributed by atoms with van der Waals surface area (Å²) in [6.45, 7) is 2.31. The Kier molecular flexibility index (Phi) is 5.45. The molecule has 0 aliphatic carbocycles. The SMILES string of the molecule is Brc1ccc2nc(Nc3cccc(C4COCCN4)c3)nc(-c3ccccc3)c2c1. The van der Waals surface area contributed by atoms with Crippen molar-refractivity contribution in [1.82, 2.24) is 15.3 Å². The first-order chi connectivity index (χ1) is 14.8. The first-order valence-corrected chi connectivity index (χ1v) is 10.8. The second-order valence-corrected chi connectivity index (χ2v) is 8.17. The number of nitrogens with one attached hydrogen (secondary N) is 2. The van der Waals surface area contributed by atoms with Crippen molar-refractivity contribution in [3.05, 3.63) is 82.8 Å². The van der Waals surface area contributed by atoms with E-state index in [1.54, 1.807) is 0 Å². The lowest BCUT2D eigenvalue weighted by Gasteiger charge is -2.24. The van der Waals surface area contributed by atoms with E-state index in [0.717, 1.165) is 45.5 Å². The molecule has 6 heteroatoms. The summed E-state index contributed by atoms with van der Waals surface area (Å²) >= 11 is 3.57. The lowest BCUT2D eigenvalue weighted by atomic mass is 10.1. The van der Waals surface area contributed by atoms with Crippen molar-refractivity contribution in [3.8, 4) is 11.3 Å². The molecule has 0 amide bonds. The number of nitrogens with zero attached hydrogens (tertiary/aromatic N) is 2. The number of rotatable bonds is 4. The highest BCUT2D eigenvalue weighted by atomic mass is 79.9. The van der Waals surface area contributed by atoms with Crippen molar-refractivity contribution in [2.24, 2.45) is 0 Å². The lowest BCUT2D eigenvalue weighted by Crippen LogP contribution is -2.34. The van der Waals surface area contributed by atoms with Gasteiger partial charge < -0.3 is 15.4 Å². The van der Waals surface area contributed by atoms with E-state index in [2.05, 4.69) is 56.9 Å². The van der Waals surface area contributed by atoms with Crippen molar-refractivity contribution in [2.75, 3.05) is 25.1 Å². The number of aromatic nitrogens is 2. The van der Waals surface area contributed by atoms with Gasteiger partial charge in [-0.1, -0.05) is 58.4 Å². The molecule has 1 aliphatic heterocycles. The van der Waals surface area contributed by atoms with Crippen molar-refractivity contribution >= 4 is 38.5 Å². The van der Waals surface area contributed by atoms with Gasteiger partial charge in [-0.15, -0.1) is 0 Å². The molecule has 30 heavy (non-hydrogen) atoms. The zero-order chi connectivity index (χ0) is 20.3. The molecule has 0 spiro atoms. The van der Waals surface area contributed by atoms with E-state index in [-0.39, 0.29) is 6.04 Å². The van der Waals surface area contributed by atoms with Gasteiger partial charge in [-0.3, -0.25) is 0 Å². The Morgan fingerprint density at radius 3 is 2.70 bits per heavy atom. The largest absolute Gasteiger partial charge is 0.378 e. The fourth-order valence-corrected chi connectivity index (χ4v) is 4.08. The van der Waals surface area contributed by atoms with Crippen LogP contribution in [0.4, 0.5) is 11.6 Å². The van der Waals surface area contributed by atoms with Gasteiger partial charge in [0.25, 0.3) is 0 Å². The van der Waals surface area contributed by atoms with Crippen LogP contribution in [-0.2, 0) is 4.74 Å². The van der Waals surface area contributed by atoms with Crippen molar-refractivity contribution < 1.29 is 4.74 Å². The van der Waals surface area contributed by atoms with Crippen molar-refractivity contribution in [2.45, 2.75) is 6.04 Å². The van der Waals surface area contributed by atoms with Gasteiger partial charge in [0.05, 0.1) is 30.5 Å². The van der Waals surface area contributed by atoms with Gasteiger partial charge in [-0.2, -0.15) is 0 Å². The normalized spacial score (nSPS) is 16.5. The molecule has 1 saturated heterocycles. The molecule has 3 aromatic carbocycles. The molecule has 0 radical (unpaired) electrons. The molecule has 150 valence electrons. The monoisotopic (exact) mass is 460 g/mol. The van der Waals surface area contributed by atoms with Crippen LogP contribution in [0.1, 0.15) is 11.6 Å². The van der Waals surface area contributed by atoms with E-state index < -0.39 is 0 Å². The predicted molar refractivity (Wildman–Crippen MR) is 124 cm³/mol. The van der Waals surface area contributed by atoms with E-state index in [1.165, 1.54) is 5.56 Å². The Bertz CT molecular complexity index is 1180. The van der Waals surface area contributed by atoms with E-state index in [0.29, 0.717) is 12.6 Å². The summed E-state index contributed by atoms with van der Waals surface area (Å²) in [5.41, 5.74) is 5.00. The number of ether oxygens (including phenoxy) is 1. The fourth-order valence-electron chi connectivity index (χ4n) is 3.71. The third kappa shape index (κ3) is 4.07. The van der Waals surface area contributed by atoms with Crippen LogP contribution >= 0.6 is 15.9 Å². The molecule has 1 fully saturated rings. The van der Waals surface area contributed by atoms with Crippen LogP contribution < -0.4 is 10.6 Å². The zero-order valence-corrected chi connectivity index (χ0v) is 17.9. The Hall–Kier alpha value is -2.80. The maximum Gasteiger partial charge on any atom is 0.228 e. The Balaban J connectivity index is 1.53. The molecule has 1 atom stereocenters. The molecular formula is C24H21BrN4O. The quantitative estimate of drug-likeness (QED) is 0.423. The minimum Gasteiger partial charge on any atom is -0.378 e. The molecule has 1 aromatic heterocycles. The van der Waals surface area contributed by atoms with Crippen LogP contribution in [0.3, 0.4) is 0 Å². The van der Waals surface area contributed by atoms with Gasteiger partial charge in [-0.05, 0) is 35.9 Å². The first kappa shape index (κ1) is 19.2. The van der Waals surface area contributed by atoms with Gasteiger partial charge in [0, 0.05) is 27.7 Å². The number of hydrogen-bond acceptors (Lipinski definition) is 5. The molecular weight excluding hydrogens is 440 g/mol. The number of morpholine rings is 1. The van der Waals surface area contributed by atoms with E-state index in [1.807, 2.05) is 42.5 Å². The summed E-state index contributed by atoms with van der Waals surface area (Å²) in [4.78, 5) is 9.62. The summed E-state index contributed by atoms with van der Waals surface area (Å²) in [7, 11) is 0. The molecule has 2 N–H and O–H groups in total. The molecule has 1 unspecified atom stereocenters. The summed E-state index contributed by atoms with van der Waals surface area (Å²) in [6.07, 6.45) is 0. The van der Waals surface area contributed by atoms with Crippen LogP contribution in [-0.4, -0.2) is 29.7 Å². The molecule has 0 bridgehead atoms.